The standard InChI is InChI=1S/C19H20F3N3O2S/c1-12(28-25-8-6-23-7-9-25)13-2-5-17-16(10-13)24-15-4-3-14(11-18(15)26-17)27-19(20,21)22/h2-5,10-12,23-24H,6-9H2,1H3. The first-order chi connectivity index (χ1) is 13.4. The highest BCUT2D eigenvalue weighted by Crippen LogP contribution is 2.45. The molecule has 0 bridgehead atoms. The molecule has 1 fully saturated rings. The Balaban J connectivity index is 1.48. The van der Waals surface area contributed by atoms with E-state index in [1.54, 1.807) is 0 Å². The van der Waals surface area contributed by atoms with Crippen LogP contribution in [0.2, 0.25) is 0 Å². The first-order valence-corrected chi connectivity index (χ1v) is 9.82. The number of halogens is 3. The maximum atomic E-state index is 12.4. The third kappa shape index (κ3) is 4.48. The fourth-order valence-electron chi connectivity index (χ4n) is 3.17. The van der Waals surface area contributed by atoms with E-state index in [9.17, 15) is 13.2 Å². The number of piperazine rings is 1. The zero-order valence-corrected chi connectivity index (χ0v) is 16.0. The van der Waals surface area contributed by atoms with Crippen molar-refractivity contribution in [1.82, 2.24) is 9.62 Å². The Kier molecular flexibility index (Phi) is 5.31. The van der Waals surface area contributed by atoms with E-state index in [1.165, 1.54) is 18.2 Å². The molecule has 4 rings (SSSR count). The Labute approximate surface area is 165 Å². The molecule has 2 heterocycles. The second kappa shape index (κ2) is 7.73. The van der Waals surface area contributed by atoms with Crippen LogP contribution in [-0.4, -0.2) is 36.8 Å². The second-order valence-corrected chi connectivity index (χ2v) is 8.05. The molecule has 1 unspecified atom stereocenters. The van der Waals surface area contributed by atoms with Gasteiger partial charge in [-0.3, -0.25) is 0 Å². The SMILES string of the molecule is CC(SN1CCNCC1)c1ccc2c(c1)Nc1ccc(OC(F)(F)F)cc1O2. The topological polar surface area (TPSA) is 45.8 Å². The highest BCUT2D eigenvalue weighted by molar-refractivity contribution is 7.97. The van der Waals surface area contributed by atoms with Gasteiger partial charge < -0.3 is 20.1 Å². The maximum Gasteiger partial charge on any atom is 0.573 e. The summed E-state index contributed by atoms with van der Waals surface area (Å²) in [6.07, 6.45) is -4.73. The average Bonchev–Trinajstić information content (AvgIpc) is 2.65. The van der Waals surface area contributed by atoms with Crippen LogP contribution in [0.5, 0.6) is 17.2 Å². The fraction of sp³-hybridized carbons (Fsp3) is 0.368. The van der Waals surface area contributed by atoms with Crippen molar-refractivity contribution in [3.8, 4) is 17.2 Å². The molecule has 0 saturated carbocycles. The molecule has 0 aromatic heterocycles. The number of nitrogens with one attached hydrogen (secondary N) is 2. The van der Waals surface area contributed by atoms with Crippen LogP contribution in [0.25, 0.3) is 0 Å². The molecule has 150 valence electrons. The van der Waals surface area contributed by atoms with Gasteiger partial charge in [-0.25, -0.2) is 4.31 Å². The molecule has 2 aliphatic heterocycles. The van der Waals surface area contributed by atoms with Crippen LogP contribution < -0.4 is 20.1 Å². The zero-order chi connectivity index (χ0) is 19.7. The molecule has 28 heavy (non-hydrogen) atoms. The van der Waals surface area contributed by atoms with Gasteiger partial charge in [-0.2, -0.15) is 0 Å². The molecule has 2 aromatic carbocycles. The lowest BCUT2D eigenvalue weighted by molar-refractivity contribution is -0.274. The molecule has 9 heteroatoms. The zero-order valence-electron chi connectivity index (χ0n) is 15.2. The minimum atomic E-state index is -4.73. The van der Waals surface area contributed by atoms with E-state index in [0.717, 1.165) is 37.4 Å². The quantitative estimate of drug-likeness (QED) is 0.586. The van der Waals surface area contributed by atoms with Crippen molar-refractivity contribution in [2.75, 3.05) is 31.5 Å². The van der Waals surface area contributed by atoms with E-state index in [4.69, 9.17) is 4.74 Å². The smallest absolute Gasteiger partial charge is 0.453 e. The molecule has 0 radical (unpaired) electrons. The van der Waals surface area contributed by atoms with Crippen LogP contribution in [0.4, 0.5) is 24.5 Å². The number of benzene rings is 2. The number of rotatable bonds is 4. The van der Waals surface area contributed by atoms with Gasteiger partial charge in [0.25, 0.3) is 0 Å². The number of hydrogen-bond donors (Lipinski definition) is 2. The van der Waals surface area contributed by atoms with Crippen LogP contribution in [0, 0.1) is 0 Å². The van der Waals surface area contributed by atoms with E-state index in [2.05, 4.69) is 26.6 Å². The number of nitrogens with zero attached hydrogens (tertiary/aromatic N) is 1. The largest absolute Gasteiger partial charge is 0.573 e. The Hall–Kier alpha value is -2.10. The number of ether oxygens (including phenoxy) is 2. The highest BCUT2D eigenvalue weighted by Gasteiger charge is 2.31. The van der Waals surface area contributed by atoms with Crippen molar-refractivity contribution >= 4 is 23.3 Å². The van der Waals surface area contributed by atoms with E-state index < -0.39 is 6.36 Å². The Morgan fingerprint density at radius 1 is 1.07 bits per heavy atom. The van der Waals surface area contributed by atoms with Crippen LogP contribution in [0.1, 0.15) is 17.7 Å². The molecule has 2 aromatic rings. The third-order valence-electron chi connectivity index (χ3n) is 4.53. The second-order valence-electron chi connectivity index (χ2n) is 6.62. The van der Waals surface area contributed by atoms with E-state index in [1.807, 2.05) is 30.1 Å². The monoisotopic (exact) mass is 411 g/mol. The van der Waals surface area contributed by atoms with Crippen molar-refractivity contribution in [3.63, 3.8) is 0 Å². The van der Waals surface area contributed by atoms with Crippen LogP contribution in [0.3, 0.4) is 0 Å². The molecule has 0 aliphatic carbocycles. The number of anilines is 2. The van der Waals surface area contributed by atoms with Gasteiger partial charge in [0.15, 0.2) is 11.5 Å². The summed E-state index contributed by atoms with van der Waals surface area (Å²) in [6, 6.07) is 9.87. The van der Waals surface area contributed by atoms with Gasteiger partial charge in [-0.05, 0) is 36.8 Å². The van der Waals surface area contributed by atoms with Gasteiger partial charge in [0.1, 0.15) is 5.75 Å². The Morgan fingerprint density at radius 2 is 1.86 bits per heavy atom. The Morgan fingerprint density at radius 3 is 2.61 bits per heavy atom. The molecular formula is C19H20F3N3O2S. The summed E-state index contributed by atoms with van der Waals surface area (Å²) in [4.78, 5) is 0. The van der Waals surface area contributed by atoms with Crippen LogP contribution in [0.15, 0.2) is 36.4 Å². The lowest BCUT2D eigenvalue weighted by Crippen LogP contribution is -2.40. The molecular weight excluding hydrogens is 391 g/mol. The van der Waals surface area contributed by atoms with Crippen molar-refractivity contribution in [1.29, 1.82) is 0 Å². The first-order valence-electron chi connectivity index (χ1n) is 8.98. The van der Waals surface area contributed by atoms with Gasteiger partial charge in [0, 0.05) is 37.5 Å². The van der Waals surface area contributed by atoms with E-state index in [-0.39, 0.29) is 11.0 Å². The molecule has 0 amide bonds. The Bertz CT molecular complexity index is 857. The van der Waals surface area contributed by atoms with Crippen molar-refractivity contribution in [2.24, 2.45) is 0 Å². The molecule has 2 N–H and O–H groups in total. The number of alkyl halides is 3. The fourth-order valence-corrected chi connectivity index (χ4v) is 4.28. The van der Waals surface area contributed by atoms with E-state index >= 15 is 0 Å². The highest BCUT2D eigenvalue weighted by atomic mass is 32.2. The predicted octanol–water partition coefficient (Wildman–Crippen LogP) is 5.05. The summed E-state index contributed by atoms with van der Waals surface area (Å²) < 4.78 is 49.3. The molecule has 2 aliphatic rings. The lowest BCUT2D eigenvalue weighted by atomic mass is 10.1. The molecule has 1 saturated heterocycles. The summed E-state index contributed by atoms with van der Waals surface area (Å²) in [6.45, 7) is 6.17. The van der Waals surface area contributed by atoms with Gasteiger partial charge in [-0.15, -0.1) is 13.2 Å². The van der Waals surface area contributed by atoms with Gasteiger partial charge in [0.05, 0.1) is 11.4 Å². The predicted molar refractivity (Wildman–Crippen MR) is 103 cm³/mol. The summed E-state index contributed by atoms with van der Waals surface area (Å²) in [7, 11) is 0. The van der Waals surface area contributed by atoms with Gasteiger partial charge in [0.2, 0.25) is 0 Å². The maximum absolute atomic E-state index is 12.4. The first kappa shape index (κ1) is 19.2. The minimum Gasteiger partial charge on any atom is -0.453 e. The van der Waals surface area contributed by atoms with Crippen molar-refractivity contribution in [3.05, 3.63) is 42.0 Å². The number of hydrogen-bond acceptors (Lipinski definition) is 6. The van der Waals surface area contributed by atoms with Gasteiger partial charge in [-0.1, -0.05) is 18.0 Å². The summed E-state index contributed by atoms with van der Waals surface area (Å²) >= 11 is 1.82. The molecule has 0 spiro atoms. The summed E-state index contributed by atoms with van der Waals surface area (Å²) in [5.74, 6) is 0.555. The van der Waals surface area contributed by atoms with Crippen LogP contribution >= 0.6 is 11.9 Å². The molecule has 5 nitrogen and oxygen atoms in total. The molecule has 1 atom stereocenters. The van der Waals surface area contributed by atoms with Crippen LogP contribution in [-0.2, 0) is 0 Å². The average molecular weight is 411 g/mol. The normalized spacial score (nSPS) is 17.7. The number of fused-ring (bicyclic) bond motifs is 2. The summed E-state index contributed by atoms with van der Waals surface area (Å²) in [5, 5.41) is 6.85. The minimum absolute atomic E-state index is 0.272. The lowest BCUT2D eigenvalue weighted by Gasteiger charge is -2.29. The third-order valence-corrected chi connectivity index (χ3v) is 5.78. The summed E-state index contributed by atoms with van der Waals surface area (Å²) in [5.41, 5.74) is 2.54. The van der Waals surface area contributed by atoms with E-state index in [0.29, 0.717) is 17.2 Å². The van der Waals surface area contributed by atoms with Gasteiger partial charge >= 0.3 is 6.36 Å². The van der Waals surface area contributed by atoms with Crippen molar-refractivity contribution < 1.29 is 22.6 Å². The van der Waals surface area contributed by atoms with Crippen molar-refractivity contribution in [2.45, 2.75) is 18.5 Å².